The van der Waals surface area contributed by atoms with Crippen LogP contribution in [0.3, 0.4) is 0 Å². The summed E-state index contributed by atoms with van der Waals surface area (Å²) in [6, 6.07) is 15.5. The van der Waals surface area contributed by atoms with Crippen LogP contribution in [0.15, 0.2) is 65.4 Å². The van der Waals surface area contributed by atoms with Crippen LogP contribution in [0.4, 0.5) is 0 Å². The summed E-state index contributed by atoms with van der Waals surface area (Å²) < 4.78 is 5.40. The van der Waals surface area contributed by atoms with E-state index in [0.29, 0.717) is 11.3 Å². The highest BCUT2D eigenvalue weighted by Crippen LogP contribution is 2.23. The fraction of sp³-hybridized carbons (Fsp3) is 0.222. The summed E-state index contributed by atoms with van der Waals surface area (Å²) in [4.78, 5) is 17.1. The molecule has 2 heterocycles. The number of rotatable bonds is 3. The van der Waals surface area contributed by atoms with Crippen molar-refractivity contribution < 1.29 is 9.32 Å². The zero-order valence-corrected chi connectivity index (χ0v) is 18.2. The second-order valence-corrected chi connectivity index (χ2v) is 8.72. The van der Waals surface area contributed by atoms with Gasteiger partial charge in [0.05, 0.1) is 17.7 Å². The Labute approximate surface area is 182 Å². The van der Waals surface area contributed by atoms with Crippen molar-refractivity contribution in [1.82, 2.24) is 10.1 Å². The van der Waals surface area contributed by atoms with Crippen LogP contribution in [-0.4, -0.2) is 15.9 Å². The summed E-state index contributed by atoms with van der Waals surface area (Å²) in [5.41, 5.74) is 3.84. The van der Waals surface area contributed by atoms with Gasteiger partial charge in [-0.25, -0.2) is 0 Å². The van der Waals surface area contributed by atoms with Crippen molar-refractivity contribution in [3.05, 3.63) is 94.6 Å². The fourth-order valence-corrected chi connectivity index (χ4v) is 3.30. The Bertz CT molecular complexity index is 1330. The zero-order valence-electron chi connectivity index (χ0n) is 18.2. The number of ketones is 1. The van der Waals surface area contributed by atoms with Gasteiger partial charge in [0.25, 0.3) is 0 Å². The molecule has 0 bridgehead atoms. The predicted molar refractivity (Wildman–Crippen MR) is 122 cm³/mol. The molecule has 0 aliphatic heterocycles. The number of hydrogen-bond donors (Lipinski definition) is 0. The maximum Gasteiger partial charge on any atom is 0.168 e. The number of Topliss-reactive ketones (excluding diaryl/α,β-unsaturated/α-hetero) is 1. The molecule has 0 saturated heterocycles. The molecule has 0 N–H and O–H groups in total. The van der Waals surface area contributed by atoms with E-state index in [2.05, 4.69) is 42.8 Å². The second-order valence-electron chi connectivity index (χ2n) is 8.72. The molecule has 0 amide bonds. The highest BCUT2D eigenvalue weighted by Gasteiger charge is 2.21. The molecule has 0 fully saturated rings. The number of aromatic nitrogens is 2. The topological polar surface area (TPSA) is 56.0 Å². The molecule has 0 saturated carbocycles. The molecule has 0 atom stereocenters. The van der Waals surface area contributed by atoms with E-state index >= 15 is 0 Å². The van der Waals surface area contributed by atoms with E-state index in [4.69, 9.17) is 4.52 Å². The molecule has 154 valence electrons. The minimum atomic E-state index is -0.141. The Hall–Kier alpha value is -3.71. The van der Waals surface area contributed by atoms with Gasteiger partial charge in [-0.1, -0.05) is 74.2 Å². The van der Waals surface area contributed by atoms with Gasteiger partial charge in [-0.3, -0.25) is 9.78 Å². The number of nitrogens with zero attached hydrogens (tertiary/aromatic N) is 2. The Balaban J connectivity index is 1.60. The minimum absolute atomic E-state index is 0.0105. The average molecular weight is 409 g/mol. The lowest BCUT2D eigenvalue weighted by atomic mass is 9.93. The van der Waals surface area contributed by atoms with Crippen molar-refractivity contribution in [1.29, 1.82) is 0 Å². The lowest BCUT2D eigenvalue weighted by Gasteiger charge is -2.12. The van der Waals surface area contributed by atoms with Crippen LogP contribution in [0, 0.1) is 18.8 Å². The SMILES string of the molecule is Cc1ccc(C(=O)Cc2cc(C(C)(C)C)on2)cc1C#Cc1cncc2ccccc12. The molecule has 0 aliphatic rings. The summed E-state index contributed by atoms with van der Waals surface area (Å²) >= 11 is 0. The fourth-order valence-electron chi connectivity index (χ4n) is 3.30. The van der Waals surface area contributed by atoms with Gasteiger partial charge in [0, 0.05) is 45.8 Å². The van der Waals surface area contributed by atoms with Gasteiger partial charge < -0.3 is 4.52 Å². The van der Waals surface area contributed by atoms with Crippen molar-refractivity contribution in [2.75, 3.05) is 0 Å². The van der Waals surface area contributed by atoms with Gasteiger partial charge >= 0.3 is 0 Å². The number of fused-ring (bicyclic) bond motifs is 1. The third kappa shape index (κ3) is 4.57. The van der Waals surface area contributed by atoms with Crippen molar-refractivity contribution in [3.8, 4) is 11.8 Å². The first-order valence-electron chi connectivity index (χ1n) is 10.3. The third-order valence-corrected chi connectivity index (χ3v) is 5.20. The molecule has 0 radical (unpaired) electrons. The van der Waals surface area contributed by atoms with Gasteiger partial charge in [0.1, 0.15) is 5.76 Å². The lowest BCUT2D eigenvalue weighted by molar-refractivity contribution is 0.0990. The van der Waals surface area contributed by atoms with E-state index in [1.54, 1.807) is 6.20 Å². The maximum absolute atomic E-state index is 12.8. The minimum Gasteiger partial charge on any atom is -0.361 e. The van der Waals surface area contributed by atoms with E-state index < -0.39 is 0 Å². The van der Waals surface area contributed by atoms with E-state index in [9.17, 15) is 4.79 Å². The normalized spacial score (nSPS) is 11.2. The molecule has 4 rings (SSSR count). The van der Waals surface area contributed by atoms with Crippen molar-refractivity contribution >= 4 is 16.6 Å². The number of benzene rings is 2. The van der Waals surface area contributed by atoms with Crippen LogP contribution in [0.25, 0.3) is 10.8 Å². The molecule has 0 unspecified atom stereocenters. The van der Waals surface area contributed by atoms with Gasteiger partial charge in [-0.15, -0.1) is 0 Å². The molecule has 2 aromatic heterocycles. The van der Waals surface area contributed by atoms with Crippen LogP contribution >= 0.6 is 0 Å². The molecular formula is C27H24N2O2. The van der Waals surface area contributed by atoms with Crippen molar-refractivity contribution in [2.24, 2.45) is 0 Å². The molecule has 31 heavy (non-hydrogen) atoms. The van der Waals surface area contributed by atoms with Crippen LogP contribution in [0.2, 0.25) is 0 Å². The smallest absolute Gasteiger partial charge is 0.168 e. The Morgan fingerprint density at radius 3 is 2.55 bits per heavy atom. The highest BCUT2D eigenvalue weighted by molar-refractivity contribution is 5.97. The number of carbonyl (C=O) groups excluding carboxylic acids is 1. The van der Waals surface area contributed by atoms with Gasteiger partial charge in [-0.05, 0) is 18.6 Å². The monoisotopic (exact) mass is 408 g/mol. The molecule has 4 aromatic rings. The summed E-state index contributed by atoms with van der Waals surface area (Å²) in [7, 11) is 0. The van der Waals surface area contributed by atoms with Gasteiger partial charge in [0.15, 0.2) is 5.78 Å². The van der Waals surface area contributed by atoms with Crippen molar-refractivity contribution in [3.63, 3.8) is 0 Å². The number of aryl methyl sites for hydroxylation is 1. The zero-order chi connectivity index (χ0) is 22.0. The molecule has 0 aliphatic carbocycles. The van der Waals surface area contributed by atoms with Crippen LogP contribution in [0.1, 0.15) is 59.3 Å². The van der Waals surface area contributed by atoms with Crippen LogP contribution in [0.5, 0.6) is 0 Å². The molecular weight excluding hydrogens is 384 g/mol. The van der Waals surface area contributed by atoms with Crippen LogP contribution in [-0.2, 0) is 11.8 Å². The first-order valence-corrected chi connectivity index (χ1v) is 10.3. The standard InChI is InChI=1S/C27H24N2O2/c1-18-9-10-20(25(30)14-23-15-26(31-29-23)27(2,3)4)13-19(18)11-12-22-17-28-16-21-7-5-6-8-24(21)22/h5-10,13,15-17H,14H2,1-4H3. The maximum atomic E-state index is 12.8. The largest absolute Gasteiger partial charge is 0.361 e. The molecule has 4 nitrogen and oxygen atoms in total. The third-order valence-electron chi connectivity index (χ3n) is 5.20. The first-order chi connectivity index (χ1) is 14.8. The summed E-state index contributed by atoms with van der Waals surface area (Å²) in [6.45, 7) is 8.15. The summed E-state index contributed by atoms with van der Waals surface area (Å²) in [5.74, 6) is 7.22. The second kappa shape index (κ2) is 8.20. The van der Waals surface area contributed by atoms with Crippen LogP contribution < -0.4 is 0 Å². The quantitative estimate of drug-likeness (QED) is 0.324. The molecule has 2 aromatic carbocycles. The molecule has 0 spiro atoms. The van der Waals surface area contributed by atoms with Gasteiger partial charge in [-0.2, -0.15) is 0 Å². The first kappa shape index (κ1) is 20.6. The average Bonchev–Trinajstić information content (AvgIpc) is 3.22. The summed E-state index contributed by atoms with van der Waals surface area (Å²) in [5, 5.41) is 6.18. The highest BCUT2D eigenvalue weighted by atomic mass is 16.5. The van der Waals surface area contributed by atoms with E-state index in [0.717, 1.165) is 33.2 Å². The Morgan fingerprint density at radius 1 is 1.00 bits per heavy atom. The van der Waals surface area contributed by atoms with E-state index in [-0.39, 0.29) is 17.6 Å². The number of hydrogen-bond acceptors (Lipinski definition) is 4. The summed E-state index contributed by atoms with van der Waals surface area (Å²) in [6.07, 6.45) is 3.81. The number of pyridine rings is 1. The Kier molecular flexibility index (Phi) is 5.44. The predicted octanol–water partition coefficient (Wildman–Crippen LogP) is 5.65. The van der Waals surface area contributed by atoms with E-state index in [1.165, 1.54) is 0 Å². The Morgan fingerprint density at radius 2 is 1.77 bits per heavy atom. The lowest BCUT2D eigenvalue weighted by Crippen LogP contribution is -2.09. The van der Waals surface area contributed by atoms with E-state index in [1.807, 2.05) is 61.7 Å². The number of carbonyl (C=O) groups is 1. The van der Waals surface area contributed by atoms with Crippen molar-refractivity contribution in [2.45, 2.75) is 39.5 Å². The molecule has 4 heteroatoms. The van der Waals surface area contributed by atoms with Gasteiger partial charge in [0.2, 0.25) is 0 Å².